The highest BCUT2D eigenvalue weighted by molar-refractivity contribution is 6.00. The Bertz CT molecular complexity index is 1200. The highest BCUT2D eigenvalue weighted by atomic mass is 16.5. The minimum atomic E-state index is -0.994. The Labute approximate surface area is 235 Å². The second-order valence-corrected chi connectivity index (χ2v) is 10.9. The monoisotopic (exact) mass is 549 g/mol. The topological polar surface area (TPSA) is 139 Å². The average molecular weight is 550 g/mol. The molecule has 0 bridgehead atoms. The third-order valence-corrected chi connectivity index (χ3v) is 7.63. The zero-order valence-electron chi connectivity index (χ0n) is 23.2. The maximum Gasteiger partial charge on any atom is 0.255 e. The van der Waals surface area contributed by atoms with Crippen molar-refractivity contribution < 1.29 is 23.9 Å². The summed E-state index contributed by atoms with van der Waals surface area (Å²) in [7, 11) is 0. The van der Waals surface area contributed by atoms with Gasteiger partial charge in [-0.3, -0.25) is 24.2 Å². The van der Waals surface area contributed by atoms with Crippen molar-refractivity contribution >= 4 is 23.6 Å². The van der Waals surface area contributed by atoms with E-state index in [9.17, 15) is 19.2 Å². The Morgan fingerprint density at radius 2 is 1.82 bits per heavy atom. The van der Waals surface area contributed by atoms with Gasteiger partial charge in [0, 0.05) is 31.3 Å². The Hall–Kier alpha value is -3.95. The van der Waals surface area contributed by atoms with Crippen molar-refractivity contribution in [3.05, 3.63) is 59.9 Å². The number of pyridine rings is 1. The van der Waals surface area contributed by atoms with Crippen LogP contribution in [-0.4, -0.2) is 59.4 Å². The average Bonchev–Trinajstić information content (AvgIpc) is 3.42. The van der Waals surface area contributed by atoms with E-state index >= 15 is 0 Å². The standard InChI is InChI=1S/C30H39N5O5/c1-20(2)24-19-40-25-11-4-3-10-22(25)27(37)33-23(28(38)32-18-14-21-9-5-8-17-31-21)12-13-26(36)35-30(29(39)34-24)15-6-7-16-30/h3-5,8-11,17,20,23-24H,6-7,12-16,18-19H2,1-2H3,(H,32,38)(H,33,37)(H,34,39)(H,35,36)/t23-,24-/m0/s1. The van der Waals surface area contributed by atoms with Crippen molar-refractivity contribution in [2.75, 3.05) is 13.2 Å². The minimum Gasteiger partial charge on any atom is -0.491 e. The molecule has 0 saturated heterocycles. The van der Waals surface area contributed by atoms with Crippen LogP contribution in [0.25, 0.3) is 0 Å². The van der Waals surface area contributed by atoms with Crippen LogP contribution in [0.4, 0.5) is 0 Å². The Morgan fingerprint density at radius 1 is 1.07 bits per heavy atom. The molecule has 1 aromatic carbocycles. The number of nitrogens with zero attached hydrogens (tertiary/aromatic N) is 1. The summed E-state index contributed by atoms with van der Waals surface area (Å²) in [5, 5.41) is 11.7. The zero-order chi connectivity index (χ0) is 28.5. The number of amides is 4. The van der Waals surface area contributed by atoms with Crippen LogP contribution < -0.4 is 26.0 Å². The van der Waals surface area contributed by atoms with Gasteiger partial charge in [0.15, 0.2) is 0 Å². The lowest BCUT2D eigenvalue weighted by molar-refractivity contribution is -0.134. The van der Waals surface area contributed by atoms with Gasteiger partial charge in [-0.1, -0.05) is 44.9 Å². The molecule has 10 heteroatoms. The molecule has 2 atom stereocenters. The summed E-state index contributed by atoms with van der Waals surface area (Å²) >= 11 is 0. The second kappa shape index (κ2) is 13.4. The van der Waals surface area contributed by atoms with Crippen LogP contribution in [-0.2, 0) is 20.8 Å². The smallest absolute Gasteiger partial charge is 0.255 e. The van der Waals surface area contributed by atoms with Gasteiger partial charge >= 0.3 is 0 Å². The molecule has 2 heterocycles. The van der Waals surface area contributed by atoms with E-state index in [0.717, 1.165) is 18.5 Å². The molecule has 4 N–H and O–H groups in total. The molecule has 0 radical (unpaired) electrons. The number of hydrogen-bond donors (Lipinski definition) is 4. The van der Waals surface area contributed by atoms with Crippen LogP contribution in [0.2, 0.25) is 0 Å². The van der Waals surface area contributed by atoms with Crippen molar-refractivity contribution in [2.24, 2.45) is 5.92 Å². The van der Waals surface area contributed by atoms with Crippen LogP contribution in [0.1, 0.15) is 68.4 Å². The summed E-state index contributed by atoms with van der Waals surface area (Å²) in [4.78, 5) is 57.5. The largest absolute Gasteiger partial charge is 0.491 e. The van der Waals surface area contributed by atoms with Crippen LogP contribution in [0.3, 0.4) is 0 Å². The second-order valence-electron chi connectivity index (χ2n) is 10.9. The van der Waals surface area contributed by atoms with Crippen molar-refractivity contribution in [1.29, 1.82) is 0 Å². The van der Waals surface area contributed by atoms with E-state index in [1.54, 1.807) is 30.5 Å². The molecule has 2 aliphatic rings. The number of nitrogens with one attached hydrogen (secondary N) is 4. The molecular formula is C30H39N5O5. The molecule has 1 aliphatic heterocycles. The molecule has 0 unspecified atom stereocenters. The Balaban J connectivity index is 1.56. The third-order valence-electron chi connectivity index (χ3n) is 7.63. The van der Waals surface area contributed by atoms with Gasteiger partial charge in [-0.25, -0.2) is 0 Å². The number of rotatable bonds is 5. The lowest BCUT2D eigenvalue weighted by Crippen LogP contribution is -2.60. The first-order valence-corrected chi connectivity index (χ1v) is 14.1. The molecule has 1 saturated carbocycles. The van der Waals surface area contributed by atoms with Gasteiger partial charge in [0.1, 0.15) is 23.9 Å². The predicted molar refractivity (Wildman–Crippen MR) is 149 cm³/mol. The van der Waals surface area contributed by atoms with Crippen LogP contribution in [0.5, 0.6) is 5.75 Å². The molecule has 4 rings (SSSR count). The molecule has 2 aromatic rings. The number of benzene rings is 1. The number of aromatic nitrogens is 1. The summed E-state index contributed by atoms with van der Waals surface area (Å²) in [5.74, 6) is -1.02. The summed E-state index contributed by atoms with van der Waals surface area (Å²) in [6.45, 7) is 4.44. The number of fused-ring (bicyclic) bond motifs is 1. The van der Waals surface area contributed by atoms with E-state index in [1.807, 2.05) is 32.0 Å². The number of para-hydroxylation sites is 1. The van der Waals surface area contributed by atoms with Gasteiger partial charge in [-0.05, 0) is 49.4 Å². The van der Waals surface area contributed by atoms with Crippen molar-refractivity contribution in [2.45, 2.75) is 76.4 Å². The highest BCUT2D eigenvalue weighted by Gasteiger charge is 2.43. The molecule has 10 nitrogen and oxygen atoms in total. The quantitative estimate of drug-likeness (QED) is 0.452. The summed E-state index contributed by atoms with van der Waals surface area (Å²) in [5.41, 5.74) is 0.111. The Morgan fingerprint density at radius 3 is 2.55 bits per heavy atom. The predicted octanol–water partition coefficient (Wildman–Crippen LogP) is 2.28. The third kappa shape index (κ3) is 7.37. The number of carbonyl (C=O) groups is 4. The van der Waals surface area contributed by atoms with Gasteiger partial charge < -0.3 is 26.0 Å². The maximum absolute atomic E-state index is 13.5. The molecular weight excluding hydrogens is 510 g/mol. The van der Waals surface area contributed by atoms with E-state index in [0.29, 0.717) is 31.6 Å². The lowest BCUT2D eigenvalue weighted by Gasteiger charge is -2.32. The fourth-order valence-electron chi connectivity index (χ4n) is 5.15. The first kappa shape index (κ1) is 29.0. The van der Waals surface area contributed by atoms with E-state index in [4.69, 9.17) is 4.74 Å². The lowest BCUT2D eigenvalue weighted by atomic mass is 9.94. The molecule has 4 amide bonds. The molecule has 1 spiro atoms. The first-order valence-electron chi connectivity index (χ1n) is 14.1. The molecule has 1 fully saturated rings. The normalized spacial score (nSPS) is 21.7. The number of hydrogen-bond acceptors (Lipinski definition) is 6. The van der Waals surface area contributed by atoms with Crippen LogP contribution >= 0.6 is 0 Å². The number of ether oxygens (including phenoxy) is 1. The van der Waals surface area contributed by atoms with Crippen LogP contribution in [0, 0.1) is 5.92 Å². The van der Waals surface area contributed by atoms with Crippen molar-refractivity contribution in [3.8, 4) is 5.75 Å². The van der Waals surface area contributed by atoms with E-state index in [1.165, 1.54) is 0 Å². The van der Waals surface area contributed by atoms with Gasteiger partial charge in [0.25, 0.3) is 5.91 Å². The van der Waals surface area contributed by atoms with Crippen molar-refractivity contribution in [3.63, 3.8) is 0 Å². The van der Waals surface area contributed by atoms with Gasteiger partial charge in [-0.15, -0.1) is 0 Å². The first-order chi connectivity index (χ1) is 19.3. The van der Waals surface area contributed by atoms with Crippen molar-refractivity contribution in [1.82, 2.24) is 26.3 Å². The van der Waals surface area contributed by atoms with E-state index in [2.05, 4.69) is 26.3 Å². The molecule has 214 valence electrons. The molecule has 1 aromatic heterocycles. The number of carbonyl (C=O) groups excluding carboxylic acids is 4. The maximum atomic E-state index is 13.5. The minimum absolute atomic E-state index is 0.0284. The van der Waals surface area contributed by atoms with E-state index in [-0.39, 0.29) is 48.8 Å². The summed E-state index contributed by atoms with van der Waals surface area (Å²) in [6.07, 6.45) is 5.03. The molecule has 1 aliphatic carbocycles. The SMILES string of the molecule is CC(C)[C@@H]1COc2ccccc2C(=O)N[C@H](C(=O)NCCc2ccccn2)CCC(=O)NC2(CCCC2)C(=O)N1. The van der Waals surface area contributed by atoms with Gasteiger partial charge in [0.2, 0.25) is 17.7 Å². The highest BCUT2D eigenvalue weighted by Crippen LogP contribution is 2.31. The fraction of sp³-hybridized carbons (Fsp3) is 0.500. The van der Waals surface area contributed by atoms with Crippen LogP contribution in [0.15, 0.2) is 48.7 Å². The summed E-state index contributed by atoms with van der Waals surface area (Å²) in [6, 6.07) is 11.1. The van der Waals surface area contributed by atoms with Gasteiger partial charge in [-0.2, -0.15) is 0 Å². The molecule has 40 heavy (non-hydrogen) atoms. The van der Waals surface area contributed by atoms with E-state index < -0.39 is 23.4 Å². The summed E-state index contributed by atoms with van der Waals surface area (Å²) < 4.78 is 6.07. The Kier molecular flexibility index (Phi) is 9.74. The zero-order valence-corrected chi connectivity index (χ0v) is 23.2. The fourth-order valence-corrected chi connectivity index (χ4v) is 5.15. The van der Waals surface area contributed by atoms with Gasteiger partial charge in [0.05, 0.1) is 11.6 Å².